The molecule has 3 heterocycles. The maximum atomic E-state index is 15.6. The Bertz CT molecular complexity index is 5350. The number of fused-ring (bicyclic) bond motifs is 2. The van der Waals surface area contributed by atoms with Crippen molar-refractivity contribution >= 4 is 128 Å². The van der Waals surface area contributed by atoms with Crippen molar-refractivity contribution in [2.24, 2.45) is 17.6 Å². The number of carbonyl (C=O) groups excluding carboxylic acids is 15. The highest BCUT2D eigenvalue weighted by molar-refractivity contribution is 8.00. The Morgan fingerprint density at radius 1 is 0.450 bits per heavy atom. The maximum absolute atomic E-state index is 15.6. The number of likely N-dealkylation sites (N-methyl/N-ethyl adjacent to an activating group) is 5. The number of nitrogens with one attached hydrogen (secondary N) is 11. The molecule has 9 rings (SSSR count). The zero-order chi connectivity index (χ0) is 95.3. The summed E-state index contributed by atoms with van der Waals surface area (Å²) in [6, 6.07) is 29.1. The molecular formula is C95H119N17O18S. The Morgan fingerprint density at radius 3 is 1.40 bits per heavy atom. The standard InChI is InChI=1S/C95H119N17O18S/c1-11-12-36-76-93(128)109(7)53-81(116)101-72(48-83(118)119)89(124)107-84(57(4)5)95(130)111(9)77(44-59-28-18-14-19-29-59)90(125)105-73(43-61-37-39-64(113)40-38-61)91(126)108(6)52-80(115)100-70(46-62-49-97-67-34-24-22-32-65(62)67)87(122)104-71(47-63-50-98-68-35-25-23-33-66(63)68)88(123)103-69(41-56(2)3)86(121)106-75(85(120)99-51-79(96)114)54-131-55-82(117)102-74(42-58-26-16-13-17-27-58)92(127)112(10)78(94(129)110(76)8)45-60-30-20-15-21-31-60/h13-35,37-40,49-50,56-57,69-78,84,97-98,113H,11-12,36,41-48,51-55H2,1-10H3,(H2,96,114)(H,99,120)(H,100,115)(H,101,116)(H,102,117)(H,103,123)(H,104,122)(H,105,125)(H,106,121)(H,107,124)(H,118,119)/t69-,70-,71-,72-,73-,74-,75-,76-,77?,78-,84-/m0/s1. The Labute approximate surface area is 764 Å². The number of carbonyl (C=O) groups is 16. The Balaban J connectivity index is 1.12. The van der Waals surface area contributed by atoms with E-state index in [1.54, 1.807) is 180 Å². The molecule has 2 aromatic heterocycles. The van der Waals surface area contributed by atoms with E-state index in [2.05, 4.69) is 57.8 Å². The average molecular weight is 1820 g/mol. The highest BCUT2D eigenvalue weighted by Crippen LogP contribution is 2.26. The molecule has 0 bridgehead atoms. The van der Waals surface area contributed by atoms with Crippen LogP contribution in [0.3, 0.4) is 0 Å². The number of aromatic hydroxyl groups is 1. The fourth-order valence-electron chi connectivity index (χ4n) is 15.6. The molecule has 15 N–H and O–H groups in total. The fraction of sp³-hybridized carbons (Fsp3) is 0.411. The van der Waals surface area contributed by atoms with E-state index >= 15 is 43.2 Å². The van der Waals surface area contributed by atoms with Gasteiger partial charge in [0, 0.05) is 114 Å². The predicted molar refractivity (Wildman–Crippen MR) is 492 cm³/mol. The first-order valence-corrected chi connectivity index (χ1v) is 44.7. The van der Waals surface area contributed by atoms with Crippen molar-refractivity contribution in [2.45, 2.75) is 172 Å². The third-order valence-electron chi connectivity index (χ3n) is 22.8. The lowest BCUT2D eigenvalue weighted by Gasteiger charge is -2.37. The van der Waals surface area contributed by atoms with Gasteiger partial charge in [-0.1, -0.05) is 187 Å². The number of benzene rings is 6. The van der Waals surface area contributed by atoms with E-state index in [-0.39, 0.29) is 68.8 Å². The van der Waals surface area contributed by atoms with Gasteiger partial charge in [-0.3, -0.25) is 76.7 Å². The molecule has 15 amide bonds. The molecule has 0 spiro atoms. The molecule has 1 unspecified atom stereocenters. The smallest absolute Gasteiger partial charge is 0.305 e. The van der Waals surface area contributed by atoms with E-state index in [0.717, 1.165) is 26.5 Å². The zero-order valence-electron chi connectivity index (χ0n) is 75.2. The molecule has 36 heteroatoms. The van der Waals surface area contributed by atoms with E-state index in [9.17, 15) is 43.8 Å². The number of phenols is 1. The van der Waals surface area contributed by atoms with Gasteiger partial charge in [0.15, 0.2) is 0 Å². The van der Waals surface area contributed by atoms with Gasteiger partial charge in [0.2, 0.25) is 88.6 Å². The van der Waals surface area contributed by atoms with Crippen LogP contribution in [0, 0.1) is 11.8 Å². The number of aliphatic carboxylic acids is 1. The number of hydrogen-bond acceptors (Lipinski definition) is 18. The summed E-state index contributed by atoms with van der Waals surface area (Å²) in [5, 5.41) is 46.2. The monoisotopic (exact) mass is 1820 g/mol. The molecule has 11 atom stereocenters. The summed E-state index contributed by atoms with van der Waals surface area (Å²) in [5.74, 6) is -17.0. The minimum Gasteiger partial charge on any atom is -0.508 e. The van der Waals surface area contributed by atoms with Gasteiger partial charge >= 0.3 is 5.97 Å². The second-order valence-corrected chi connectivity index (χ2v) is 34.8. The summed E-state index contributed by atoms with van der Waals surface area (Å²) in [4.78, 5) is 248. The van der Waals surface area contributed by atoms with Crippen molar-refractivity contribution in [3.05, 3.63) is 210 Å². The Kier molecular flexibility index (Phi) is 37.3. The largest absolute Gasteiger partial charge is 0.508 e. The second kappa shape index (κ2) is 48.5. The van der Waals surface area contributed by atoms with Gasteiger partial charge in [-0.15, -0.1) is 11.8 Å². The molecule has 698 valence electrons. The molecule has 8 aromatic rings. The summed E-state index contributed by atoms with van der Waals surface area (Å²) in [5.41, 5.74) is 10.0. The van der Waals surface area contributed by atoms with Gasteiger partial charge in [0.05, 0.1) is 31.8 Å². The van der Waals surface area contributed by atoms with Crippen LogP contribution in [0.1, 0.15) is 100 Å². The van der Waals surface area contributed by atoms with Gasteiger partial charge in [-0.25, -0.2) is 0 Å². The van der Waals surface area contributed by atoms with Crippen LogP contribution in [-0.2, 0) is 115 Å². The lowest BCUT2D eigenvalue weighted by molar-refractivity contribution is -0.151. The van der Waals surface area contributed by atoms with Crippen molar-refractivity contribution in [1.82, 2.24) is 82.3 Å². The Hall–Kier alpha value is -13.9. The number of nitrogens with zero attached hydrogens (tertiary/aromatic N) is 5. The summed E-state index contributed by atoms with van der Waals surface area (Å²) in [7, 11) is 6.58. The first kappa shape index (κ1) is 101. The summed E-state index contributed by atoms with van der Waals surface area (Å²) < 4.78 is 0. The second-order valence-electron chi connectivity index (χ2n) is 33.8. The number of unbranched alkanes of at least 4 members (excludes halogenated alkanes) is 1. The molecule has 1 fully saturated rings. The number of aromatic nitrogens is 2. The van der Waals surface area contributed by atoms with E-state index in [1.807, 2.05) is 6.92 Å². The third kappa shape index (κ3) is 29.3. The molecule has 35 nitrogen and oxygen atoms in total. The lowest BCUT2D eigenvalue weighted by Crippen LogP contribution is -2.61. The van der Waals surface area contributed by atoms with Crippen LogP contribution in [0.25, 0.3) is 21.8 Å². The normalized spacial score (nSPS) is 21.8. The number of carboxylic acids is 1. The molecule has 0 radical (unpaired) electrons. The van der Waals surface area contributed by atoms with Crippen LogP contribution in [0.4, 0.5) is 0 Å². The van der Waals surface area contributed by atoms with E-state index < -0.39 is 199 Å². The topological polar surface area (TPSA) is 496 Å². The van der Waals surface area contributed by atoms with Gasteiger partial charge in [0.1, 0.15) is 72.2 Å². The molecule has 0 saturated carbocycles. The number of carboxylic acid groups (broad SMARTS) is 1. The first-order valence-electron chi connectivity index (χ1n) is 43.5. The number of amides is 15. The number of nitrogens with two attached hydrogens (primary N) is 1. The van der Waals surface area contributed by atoms with Crippen LogP contribution in [0.2, 0.25) is 0 Å². The number of hydrogen-bond donors (Lipinski definition) is 14. The molecule has 6 aromatic carbocycles. The van der Waals surface area contributed by atoms with E-state index in [1.165, 1.54) is 69.3 Å². The summed E-state index contributed by atoms with van der Waals surface area (Å²) in [6.45, 7) is 6.27. The Morgan fingerprint density at radius 2 is 0.885 bits per heavy atom. The zero-order valence-corrected chi connectivity index (χ0v) is 76.0. The van der Waals surface area contributed by atoms with Crippen molar-refractivity contribution in [1.29, 1.82) is 0 Å². The summed E-state index contributed by atoms with van der Waals surface area (Å²) in [6.07, 6.45) is 1.93. The van der Waals surface area contributed by atoms with Crippen LogP contribution >= 0.6 is 11.8 Å². The van der Waals surface area contributed by atoms with Crippen molar-refractivity contribution in [3.8, 4) is 5.75 Å². The molecule has 1 aliphatic heterocycles. The molecule has 0 aliphatic carbocycles. The number of rotatable bonds is 23. The van der Waals surface area contributed by atoms with Gasteiger partial charge in [-0.2, -0.15) is 0 Å². The van der Waals surface area contributed by atoms with Gasteiger partial charge < -0.3 is 98.3 Å². The highest BCUT2D eigenvalue weighted by atomic mass is 32.2. The van der Waals surface area contributed by atoms with Crippen LogP contribution in [-0.4, -0.2) is 272 Å². The van der Waals surface area contributed by atoms with Gasteiger partial charge in [-0.05, 0) is 82.3 Å². The molecule has 1 aliphatic rings. The van der Waals surface area contributed by atoms with Crippen LogP contribution < -0.4 is 53.6 Å². The number of phenolic OH excluding ortho intramolecular Hbond substituents is 1. The van der Waals surface area contributed by atoms with E-state index in [4.69, 9.17) is 5.73 Å². The highest BCUT2D eigenvalue weighted by Gasteiger charge is 2.42. The average Bonchev–Trinajstić information content (AvgIpc) is 1.24. The van der Waals surface area contributed by atoms with Crippen molar-refractivity contribution in [2.75, 3.05) is 66.4 Å². The lowest BCUT2D eigenvalue weighted by atomic mass is 9.98. The number of para-hydroxylation sites is 2. The molecule has 1 saturated heterocycles. The first-order chi connectivity index (χ1) is 62.5. The molecule has 131 heavy (non-hydrogen) atoms. The quantitative estimate of drug-likeness (QED) is 0.0437. The van der Waals surface area contributed by atoms with Crippen LogP contribution in [0.15, 0.2) is 176 Å². The van der Waals surface area contributed by atoms with Crippen molar-refractivity contribution in [3.63, 3.8) is 0 Å². The SMILES string of the molecule is CCCC[C@H]1C(=O)N(C)CC(=O)N[C@@H](CC(=O)O)C(=O)N[C@@H](C(C)C)C(=O)N(C)C(Cc2ccccc2)C(=O)N[C@@H](Cc2ccc(O)cc2)C(=O)N(C)CC(=O)N[C@@H](Cc2c[nH]c3ccccc23)C(=O)N[C@@H](Cc2c[nH]c3ccccc23)C(=O)N[C@@H](CC(C)C)C(=O)N[C@H](C(=O)NCC(N)=O)CSCC(=O)N[C@@H](Cc2ccccc2)C(=O)N(C)[C@@H](Cc2ccccc2)C(=O)N1C. The summed E-state index contributed by atoms with van der Waals surface area (Å²) >= 11 is 0.845. The number of primary amides is 1. The minimum atomic E-state index is -1.90. The third-order valence-corrected chi connectivity index (χ3v) is 23.8. The number of thioether (sulfide) groups is 1. The van der Waals surface area contributed by atoms with Crippen LogP contribution in [0.5, 0.6) is 5.75 Å². The van der Waals surface area contributed by atoms with Crippen molar-refractivity contribution < 1.29 is 86.9 Å². The van der Waals surface area contributed by atoms with E-state index in [0.29, 0.717) is 68.0 Å². The minimum absolute atomic E-state index is 0.0340. The predicted octanol–water partition coefficient (Wildman–Crippen LogP) is 3.10. The fourth-order valence-corrected chi connectivity index (χ4v) is 16.5. The number of aromatic amines is 2. The maximum Gasteiger partial charge on any atom is 0.305 e. The molecular weight excluding hydrogens is 1700 g/mol. The van der Waals surface area contributed by atoms with Gasteiger partial charge in [0.25, 0.3) is 0 Å². The number of H-pyrrole nitrogens is 2.